The van der Waals surface area contributed by atoms with E-state index in [-0.39, 0.29) is 11.3 Å². The Kier molecular flexibility index (Phi) is 4.76. The molecule has 1 atom stereocenters. The van der Waals surface area contributed by atoms with Gasteiger partial charge in [0, 0.05) is 6.42 Å². The zero-order valence-corrected chi connectivity index (χ0v) is 12.0. The molecule has 0 aliphatic carbocycles. The number of sulfone groups is 1. The lowest BCUT2D eigenvalue weighted by Crippen LogP contribution is -2.20. The van der Waals surface area contributed by atoms with Crippen LogP contribution in [0.2, 0.25) is 0 Å². The van der Waals surface area contributed by atoms with Gasteiger partial charge in [0.15, 0.2) is 9.84 Å². The minimum Gasteiger partial charge on any atom is -0.496 e. The predicted octanol–water partition coefficient (Wildman–Crippen LogP) is 2.32. The number of ether oxygens (including phenoxy) is 1. The monoisotopic (exact) mass is 290 g/mol. The third-order valence-corrected chi connectivity index (χ3v) is 4.96. The molecule has 0 aliphatic heterocycles. The van der Waals surface area contributed by atoms with Crippen molar-refractivity contribution in [3.63, 3.8) is 0 Å². The van der Waals surface area contributed by atoms with Crippen molar-refractivity contribution in [1.29, 1.82) is 0 Å². The van der Waals surface area contributed by atoms with Gasteiger partial charge in [-0.3, -0.25) is 4.79 Å². The molecule has 4 nitrogen and oxygen atoms in total. The maximum atomic E-state index is 12.2. The molecule has 1 aromatic rings. The molecular formula is C12H15ClO4S. The number of halogens is 1. The van der Waals surface area contributed by atoms with Gasteiger partial charge in [-0.1, -0.05) is 0 Å². The van der Waals surface area contributed by atoms with Gasteiger partial charge in [-0.05, 0) is 49.2 Å². The smallest absolute Gasteiger partial charge is 0.222 e. The fourth-order valence-electron chi connectivity index (χ4n) is 1.60. The Morgan fingerprint density at radius 1 is 1.44 bits per heavy atom. The summed E-state index contributed by atoms with van der Waals surface area (Å²) in [6, 6.07) is 4.59. The minimum absolute atomic E-state index is 0.172. The highest BCUT2D eigenvalue weighted by Gasteiger charge is 2.25. The molecule has 0 saturated heterocycles. The molecule has 1 aromatic carbocycles. The second-order valence-corrected chi connectivity index (χ2v) is 6.83. The van der Waals surface area contributed by atoms with Crippen LogP contribution in [0.25, 0.3) is 0 Å². The predicted molar refractivity (Wildman–Crippen MR) is 69.9 cm³/mol. The Morgan fingerprint density at radius 2 is 2.06 bits per heavy atom. The zero-order chi connectivity index (χ0) is 13.9. The van der Waals surface area contributed by atoms with E-state index >= 15 is 0 Å². The maximum absolute atomic E-state index is 12.2. The molecule has 0 amide bonds. The van der Waals surface area contributed by atoms with E-state index in [2.05, 4.69) is 0 Å². The minimum atomic E-state index is -3.54. The molecule has 0 spiro atoms. The van der Waals surface area contributed by atoms with Gasteiger partial charge >= 0.3 is 0 Å². The molecule has 0 heterocycles. The first-order valence-electron chi connectivity index (χ1n) is 5.36. The fourth-order valence-corrected chi connectivity index (χ4v) is 3.35. The van der Waals surface area contributed by atoms with Gasteiger partial charge < -0.3 is 4.74 Å². The lowest BCUT2D eigenvalue weighted by Gasteiger charge is -2.12. The van der Waals surface area contributed by atoms with Crippen LogP contribution in [0.5, 0.6) is 5.75 Å². The number of benzene rings is 1. The first kappa shape index (κ1) is 15.0. The van der Waals surface area contributed by atoms with Crippen molar-refractivity contribution in [3.05, 3.63) is 23.8 Å². The summed E-state index contributed by atoms with van der Waals surface area (Å²) >= 11 is 5.22. The number of aryl methyl sites for hydroxylation is 1. The number of carbonyl (C=O) groups is 1. The van der Waals surface area contributed by atoms with Crippen LogP contribution >= 0.6 is 11.6 Å². The SMILES string of the molecule is COc1ccc(S(=O)(=O)C(C)CC(=O)Cl)cc1C. The maximum Gasteiger partial charge on any atom is 0.222 e. The Balaban J connectivity index is 3.13. The summed E-state index contributed by atoms with van der Waals surface area (Å²) in [7, 11) is -2.02. The molecule has 0 N–H and O–H groups in total. The molecular weight excluding hydrogens is 276 g/mol. The van der Waals surface area contributed by atoms with Crippen LogP contribution in [-0.2, 0) is 14.6 Å². The van der Waals surface area contributed by atoms with Crippen molar-refractivity contribution in [3.8, 4) is 5.75 Å². The highest BCUT2D eigenvalue weighted by Crippen LogP contribution is 2.25. The molecule has 1 rings (SSSR count). The van der Waals surface area contributed by atoms with Gasteiger partial charge in [0.1, 0.15) is 5.75 Å². The van der Waals surface area contributed by atoms with Crippen molar-refractivity contribution >= 4 is 26.7 Å². The largest absolute Gasteiger partial charge is 0.496 e. The summed E-state index contributed by atoms with van der Waals surface area (Å²) in [6.45, 7) is 3.23. The third kappa shape index (κ3) is 3.23. The van der Waals surface area contributed by atoms with E-state index in [1.54, 1.807) is 13.0 Å². The van der Waals surface area contributed by atoms with Crippen molar-refractivity contribution in [2.75, 3.05) is 7.11 Å². The van der Waals surface area contributed by atoms with Crippen LogP contribution in [0, 0.1) is 6.92 Å². The molecule has 0 fully saturated rings. The standard InChI is InChI=1S/C12H15ClO4S/c1-8-6-10(4-5-11(8)17-3)18(15,16)9(2)7-12(13)14/h4-6,9H,7H2,1-3H3. The molecule has 0 bridgehead atoms. The van der Waals surface area contributed by atoms with Crippen LogP contribution in [0.1, 0.15) is 18.9 Å². The quantitative estimate of drug-likeness (QED) is 0.781. The second-order valence-electron chi connectivity index (χ2n) is 4.05. The summed E-state index contributed by atoms with van der Waals surface area (Å²) < 4.78 is 29.4. The number of hydrogen-bond donors (Lipinski definition) is 0. The van der Waals surface area contributed by atoms with Gasteiger partial charge in [0.05, 0.1) is 17.3 Å². The first-order valence-corrected chi connectivity index (χ1v) is 7.28. The number of rotatable bonds is 5. The second kappa shape index (κ2) is 5.71. The molecule has 0 aliphatic rings. The summed E-state index contributed by atoms with van der Waals surface area (Å²) in [5.41, 5.74) is 0.725. The Labute approximate surface area is 112 Å². The topological polar surface area (TPSA) is 60.4 Å². The number of hydrogen-bond acceptors (Lipinski definition) is 4. The summed E-state index contributed by atoms with van der Waals surface area (Å²) in [5, 5.41) is -1.49. The van der Waals surface area contributed by atoms with Gasteiger partial charge in [-0.25, -0.2) is 8.42 Å². The van der Waals surface area contributed by atoms with Crippen LogP contribution in [0.4, 0.5) is 0 Å². The van der Waals surface area contributed by atoms with E-state index in [0.29, 0.717) is 5.75 Å². The highest BCUT2D eigenvalue weighted by atomic mass is 35.5. The van der Waals surface area contributed by atoms with Crippen LogP contribution in [0.3, 0.4) is 0 Å². The number of carbonyl (C=O) groups excluding carboxylic acids is 1. The van der Waals surface area contributed by atoms with Crippen molar-refractivity contribution in [2.45, 2.75) is 30.4 Å². The van der Waals surface area contributed by atoms with E-state index < -0.39 is 20.3 Å². The fraction of sp³-hybridized carbons (Fsp3) is 0.417. The van der Waals surface area contributed by atoms with E-state index in [4.69, 9.17) is 16.3 Å². The molecule has 0 aromatic heterocycles. The average Bonchev–Trinajstić information content (AvgIpc) is 2.27. The van der Waals surface area contributed by atoms with Crippen molar-refractivity contribution in [2.24, 2.45) is 0 Å². The Bertz CT molecular complexity index is 551. The van der Waals surface area contributed by atoms with Gasteiger partial charge in [0.25, 0.3) is 0 Å². The van der Waals surface area contributed by atoms with Gasteiger partial charge in [-0.2, -0.15) is 0 Å². The van der Waals surface area contributed by atoms with E-state index in [9.17, 15) is 13.2 Å². The van der Waals surface area contributed by atoms with Crippen molar-refractivity contribution < 1.29 is 17.9 Å². The molecule has 0 saturated carbocycles. The van der Waals surface area contributed by atoms with Gasteiger partial charge in [0.2, 0.25) is 5.24 Å². The van der Waals surface area contributed by atoms with Crippen LogP contribution in [0.15, 0.2) is 23.1 Å². The van der Waals surface area contributed by atoms with E-state index in [1.165, 1.54) is 26.2 Å². The number of methoxy groups -OCH3 is 1. The third-order valence-electron chi connectivity index (χ3n) is 2.67. The first-order chi connectivity index (χ1) is 8.28. The summed E-state index contributed by atoms with van der Waals surface area (Å²) in [5.74, 6) is 0.620. The van der Waals surface area contributed by atoms with E-state index in [1.807, 2.05) is 0 Å². The molecule has 1 unspecified atom stereocenters. The van der Waals surface area contributed by atoms with Crippen molar-refractivity contribution in [1.82, 2.24) is 0 Å². The highest BCUT2D eigenvalue weighted by molar-refractivity contribution is 7.92. The molecule has 6 heteroatoms. The Hall–Kier alpha value is -1.07. The normalized spacial score (nSPS) is 13.1. The average molecular weight is 291 g/mol. The molecule has 0 radical (unpaired) electrons. The molecule has 18 heavy (non-hydrogen) atoms. The lowest BCUT2D eigenvalue weighted by molar-refractivity contribution is -0.111. The Morgan fingerprint density at radius 3 is 2.50 bits per heavy atom. The summed E-state index contributed by atoms with van der Waals surface area (Å²) in [4.78, 5) is 11.0. The zero-order valence-electron chi connectivity index (χ0n) is 10.4. The lowest BCUT2D eigenvalue weighted by atomic mass is 10.2. The summed E-state index contributed by atoms with van der Waals surface area (Å²) in [6.07, 6.45) is -0.199. The van der Waals surface area contributed by atoms with Crippen LogP contribution < -0.4 is 4.74 Å². The van der Waals surface area contributed by atoms with Gasteiger partial charge in [-0.15, -0.1) is 0 Å². The van der Waals surface area contributed by atoms with E-state index in [0.717, 1.165) is 5.56 Å². The molecule has 100 valence electrons. The van der Waals surface area contributed by atoms with Crippen LogP contribution in [-0.4, -0.2) is 26.0 Å².